The van der Waals surface area contributed by atoms with E-state index in [1.165, 1.54) is 11.6 Å². The van der Waals surface area contributed by atoms with Crippen LogP contribution in [0.1, 0.15) is 23.6 Å². The second kappa shape index (κ2) is 5.13. The monoisotopic (exact) mass is 341 g/mol. The summed E-state index contributed by atoms with van der Waals surface area (Å²) < 4.78 is 40.8. The molecule has 2 aromatic rings. The third kappa shape index (κ3) is 2.30. The van der Waals surface area contributed by atoms with Gasteiger partial charge >= 0.3 is 0 Å². The fourth-order valence-electron chi connectivity index (χ4n) is 2.56. The van der Waals surface area contributed by atoms with Crippen molar-refractivity contribution in [2.24, 2.45) is 0 Å². The summed E-state index contributed by atoms with van der Waals surface area (Å²) in [5, 5.41) is 2.96. The minimum absolute atomic E-state index is 0.00957. The van der Waals surface area contributed by atoms with Crippen LogP contribution in [0.4, 0.5) is 18.9 Å². The molecular weight excluding hydrogens is 331 g/mol. The minimum atomic E-state index is -1.44. The van der Waals surface area contributed by atoms with E-state index in [-0.39, 0.29) is 11.7 Å². The van der Waals surface area contributed by atoms with Crippen molar-refractivity contribution in [2.45, 2.75) is 18.9 Å². The van der Waals surface area contributed by atoms with Crippen LogP contribution in [-0.2, 0) is 6.42 Å². The SMILES string of the molecule is Fc1ccc(NC2CCc3cc(Br)ccc32)c(F)c1F. The summed E-state index contributed by atoms with van der Waals surface area (Å²) in [7, 11) is 0. The number of rotatable bonds is 2. The van der Waals surface area contributed by atoms with E-state index < -0.39 is 17.5 Å². The number of hydrogen-bond acceptors (Lipinski definition) is 1. The van der Waals surface area contributed by atoms with E-state index in [2.05, 4.69) is 21.2 Å². The van der Waals surface area contributed by atoms with Gasteiger partial charge in [0.25, 0.3) is 0 Å². The first kappa shape index (κ1) is 13.5. The largest absolute Gasteiger partial charge is 0.376 e. The van der Waals surface area contributed by atoms with E-state index >= 15 is 0 Å². The third-order valence-corrected chi connectivity index (χ3v) is 4.04. The van der Waals surface area contributed by atoms with E-state index in [0.29, 0.717) is 0 Å². The maximum Gasteiger partial charge on any atom is 0.196 e. The molecule has 1 N–H and O–H groups in total. The van der Waals surface area contributed by atoms with Gasteiger partial charge in [0, 0.05) is 4.47 Å². The van der Waals surface area contributed by atoms with Gasteiger partial charge in [-0.15, -0.1) is 0 Å². The highest BCUT2D eigenvalue weighted by Crippen LogP contribution is 2.36. The lowest BCUT2D eigenvalue weighted by Gasteiger charge is -2.16. The number of nitrogens with one attached hydrogen (secondary N) is 1. The second-order valence-electron chi connectivity index (χ2n) is 4.80. The van der Waals surface area contributed by atoms with Crippen molar-refractivity contribution >= 4 is 21.6 Å². The molecule has 1 aliphatic rings. The first-order valence-corrected chi connectivity index (χ1v) is 7.04. The number of anilines is 1. The van der Waals surface area contributed by atoms with Crippen molar-refractivity contribution in [2.75, 3.05) is 5.32 Å². The zero-order valence-electron chi connectivity index (χ0n) is 10.4. The summed E-state index contributed by atoms with van der Waals surface area (Å²) in [6.45, 7) is 0. The van der Waals surface area contributed by atoms with Crippen LogP contribution in [0, 0.1) is 17.5 Å². The van der Waals surface area contributed by atoms with Crippen molar-refractivity contribution in [1.82, 2.24) is 0 Å². The lowest BCUT2D eigenvalue weighted by atomic mass is 10.1. The van der Waals surface area contributed by atoms with Gasteiger partial charge in [0.2, 0.25) is 0 Å². The summed E-state index contributed by atoms with van der Waals surface area (Å²) in [5.41, 5.74) is 2.24. The molecule has 104 valence electrons. The van der Waals surface area contributed by atoms with Crippen LogP contribution >= 0.6 is 15.9 Å². The predicted octanol–water partition coefficient (Wildman–Crippen LogP) is 4.97. The number of fused-ring (bicyclic) bond motifs is 1. The lowest BCUT2D eigenvalue weighted by molar-refractivity contribution is 0.448. The van der Waals surface area contributed by atoms with Gasteiger partial charge in [-0.05, 0) is 48.2 Å². The Morgan fingerprint density at radius 2 is 1.85 bits per heavy atom. The Hall–Kier alpha value is -1.49. The number of aryl methyl sites for hydroxylation is 1. The Kier molecular flexibility index (Phi) is 3.46. The van der Waals surface area contributed by atoms with Gasteiger partial charge in [0.15, 0.2) is 17.5 Å². The molecule has 0 amide bonds. The molecule has 1 unspecified atom stereocenters. The van der Waals surface area contributed by atoms with Crippen LogP contribution in [0.3, 0.4) is 0 Å². The van der Waals surface area contributed by atoms with Crippen molar-refractivity contribution in [3.63, 3.8) is 0 Å². The third-order valence-electron chi connectivity index (χ3n) is 3.55. The molecular formula is C15H11BrF3N. The minimum Gasteiger partial charge on any atom is -0.376 e. The molecule has 0 radical (unpaired) electrons. The number of benzene rings is 2. The first-order chi connectivity index (χ1) is 9.56. The van der Waals surface area contributed by atoms with Crippen molar-refractivity contribution in [3.05, 3.63) is 63.4 Å². The Bertz CT molecular complexity index is 672. The van der Waals surface area contributed by atoms with Crippen LogP contribution in [0.2, 0.25) is 0 Å². The van der Waals surface area contributed by atoms with Gasteiger partial charge in [0.05, 0.1) is 11.7 Å². The van der Waals surface area contributed by atoms with E-state index in [9.17, 15) is 13.2 Å². The Morgan fingerprint density at radius 1 is 1.05 bits per heavy atom. The topological polar surface area (TPSA) is 12.0 Å². The smallest absolute Gasteiger partial charge is 0.196 e. The maximum atomic E-state index is 13.7. The zero-order chi connectivity index (χ0) is 14.3. The molecule has 0 bridgehead atoms. The molecule has 0 fully saturated rings. The number of hydrogen-bond donors (Lipinski definition) is 1. The molecule has 0 saturated carbocycles. The number of halogens is 4. The molecule has 0 aliphatic heterocycles. The molecule has 0 spiro atoms. The predicted molar refractivity (Wildman–Crippen MR) is 75.1 cm³/mol. The van der Waals surface area contributed by atoms with Crippen molar-refractivity contribution < 1.29 is 13.2 Å². The van der Waals surface area contributed by atoms with E-state index in [4.69, 9.17) is 0 Å². The van der Waals surface area contributed by atoms with Crippen LogP contribution < -0.4 is 5.32 Å². The fourth-order valence-corrected chi connectivity index (χ4v) is 2.97. The van der Waals surface area contributed by atoms with Crippen LogP contribution in [0.25, 0.3) is 0 Å². The van der Waals surface area contributed by atoms with Crippen LogP contribution in [-0.4, -0.2) is 0 Å². The maximum absolute atomic E-state index is 13.7. The van der Waals surface area contributed by atoms with Crippen LogP contribution in [0.5, 0.6) is 0 Å². The fraction of sp³-hybridized carbons (Fsp3) is 0.200. The highest BCUT2D eigenvalue weighted by atomic mass is 79.9. The normalized spacial score (nSPS) is 17.1. The lowest BCUT2D eigenvalue weighted by Crippen LogP contribution is -2.09. The van der Waals surface area contributed by atoms with Gasteiger partial charge in [-0.1, -0.05) is 22.0 Å². The first-order valence-electron chi connectivity index (χ1n) is 6.24. The van der Waals surface area contributed by atoms with Gasteiger partial charge in [-0.3, -0.25) is 0 Å². The Morgan fingerprint density at radius 3 is 2.65 bits per heavy atom. The summed E-state index contributed by atoms with van der Waals surface area (Å²) in [5.74, 6) is -3.79. The van der Waals surface area contributed by atoms with Gasteiger partial charge in [-0.2, -0.15) is 0 Å². The highest BCUT2D eigenvalue weighted by molar-refractivity contribution is 9.10. The molecule has 5 heteroatoms. The van der Waals surface area contributed by atoms with Crippen molar-refractivity contribution in [1.29, 1.82) is 0 Å². The Balaban J connectivity index is 1.90. The molecule has 2 aromatic carbocycles. The molecule has 0 aromatic heterocycles. The summed E-state index contributed by atoms with van der Waals surface area (Å²) in [4.78, 5) is 0. The van der Waals surface area contributed by atoms with Crippen molar-refractivity contribution in [3.8, 4) is 0 Å². The summed E-state index contributed by atoms with van der Waals surface area (Å²) >= 11 is 3.41. The summed E-state index contributed by atoms with van der Waals surface area (Å²) in [6, 6.07) is 7.97. The highest BCUT2D eigenvalue weighted by Gasteiger charge is 2.24. The molecule has 0 heterocycles. The van der Waals surface area contributed by atoms with Gasteiger partial charge in [0.1, 0.15) is 0 Å². The standard InChI is InChI=1S/C15H11BrF3N/c16-9-2-3-10-8(7-9)1-5-12(10)20-13-6-4-11(17)14(18)15(13)19/h2-4,6-7,12,20H,1,5H2. The van der Waals surface area contributed by atoms with E-state index in [0.717, 1.165) is 28.9 Å². The van der Waals surface area contributed by atoms with Gasteiger partial charge in [-0.25, -0.2) is 13.2 Å². The summed E-state index contributed by atoms with van der Waals surface area (Å²) in [6.07, 6.45) is 1.67. The second-order valence-corrected chi connectivity index (χ2v) is 5.72. The molecule has 3 rings (SSSR count). The molecule has 1 atom stereocenters. The zero-order valence-corrected chi connectivity index (χ0v) is 12.0. The Labute approximate surface area is 122 Å². The molecule has 20 heavy (non-hydrogen) atoms. The molecule has 1 nitrogen and oxygen atoms in total. The molecule has 1 aliphatic carbocycles. The average Bonchev–Trinajstić information content (AvgIpc) is 2.82. The van der Waals surface area contributed by atoms with Crippen LogP contribution in [0.15, 0.2) is 34.8 Å². The molecule has 0 saturated heterocycles. The van der Waals surface area contributed by atoms with Gasteiger partial charge < -0.3 is 5.32 Å². The quantitative estimate of drug-likeness (QED) is 0.760. The van der Waals surface area contributed by atoms with E-state index in [1.807, 2.05) is 18.2 Å². The average molecular weight is 342 g/mol. The van der Waals surface area contributed by atoms with E-state index in [1.54, 1.807) is 0 Å².